The van der Waals surface area contributed by atoms with Gasteiger partial charge in [0, 0.05) is 19.3 Å². The van der Waals surface area contributed by atoms with Crippen LogP contribution in [0.25, 0.3) is 0 Å². The van der Waals surface area contributed by atoms with Gasteiger partial charge in [-0.3, -0.25) is 63.6 Å². The van der Waals surface area contributed by atoms with Crippen LogP contribution in [0.1, 0.15) is 116 Å². The van der Waals surface area contributed by atoms with Gasteiger partial charge in [0.05, 0.1) is 19.1 Å². The molecule has 0 saturated heterocycles. The summed E-state index contributed by atoms with van der Waals surface area (Å²) in [7, 11) is 0. The van der Waals surface area contributed by atoms with Crippen molar-refractivity contribution in [2.45, 2.75) is 146 Å². The number of hydrogen-bond acceptors (Lipinski definition) is 16. The zero-order chi connectivity index (χ0) is 46.3. The highest BCUT2D eigenvalue weighted by atomic mass is 16.5. The van der Waals surface area contributed by atoms with E-state index >= 15 is 0 Å². The minimum Gasteiger partial charge on any atom is -0.480 e. The van der Waals surface area contributed by atoms with E-state index in [4.69, 9.17) is 5.21 Å². The first-order valence-electron chi connectivity index (χ1n) is 19.7. The molecular formula is C37H59N7O17. The maximum absolute atomic E-state index is 13.6. The fourth-order valence-corrected chi connectivity index (χ4v) is 5.44. The van der Waals surface area contributed by atoms with Crippen LogP contribution in [0.15, 0.2) is 12.2 Å². The number of carboxylic acids is 1. The number of carboxylic acid groups (broad SMARTS) is 1. The lowest BCUT2D eigenvalue weighted by Crippen LogP contribution is -2.58. The number of aliphatic carboxylic acids is 1. The van der Waals surface area contributed by atoms with Gasteiger partial charge < -0.3 is 36.6 Å². The average Bonchev–Trinajstić information content (AvgIpc) is 3.24. The Morgan fingerprint density at radius 1 is 0.541 bits per heavy atom. The summed E-state index contributed by atoms with van der Waals surface area (Å²) in [5, 5.41) is 65.3. The zero-order valence-electron chi connectivity index (χ0n) is 34.0. The van der Waals surface area contributed by atoms with Crippen LogP contribution in [0.3, 0.4) is 0 Å². The van der Waals surface area contributed by atoms with Gasteiger partial charge in [-0.2, -0.15) is 15.2 Å². The van der Waals surface area contributed by atoms with Crippen molar-refractivity contribution in [1.82, 2.24) is 36.5 Å². The Labute approximate surface area is 351 Å². The third-order valence-corrected chi connectivity index (χ3v) is 8.94. The average molecular weight is 874 g/mol. The van der Waals surface area contributed by atoms with Crippen molar-refractivity contribution in [3.05, 3.63) is 12.2 Å². The lowest BCUT2D eigenvalue weighted by molar-refractivity contribution is -0.171. The quantitative estimate of drug-likeness (QED) is 0.0118. The molecule has 0 aromatic carbocycles. The summed E-state index contributed by atoms with van der Waals surface area (Å²) in [5.74, 6) is -10.2. The molecule has 1 unspecified atom stereocenters. The van der Waals surface area contributed by atoms with Gasteiger partial charge in [0.2, 0.25) is 42.9 Å². The van der Waals surface area contributed by atoms with Crippen molar-refractivity contribution in [2.75, 3.05) is 6.61 Å². The van der Waals surface area contributed by atoms with Crippen LogP contribution in [-0.4, -0.2) is 150 Å². The minimum absolute atomic E-state index is 0.230. The van der Waals surface area contributed by atoms with Crippen molar-refractivity contribution in [3.8, 4) is 0 Å². The number of aliphatic hydroxyl groups is 2. The van der Waals surface area contributed by atoms with Crippen molar-refractivity contribution in [3.63, 3.8) is 0 Å². The zero-order valence-corrected chi connectivity index (χ0v) is 34.0. The molecule has 0 fully saturated rings. The summed E-state index contributed by atoms with van der Waals surface area (Å²) < 4.78 is 0. The molecule has 0 aliphatic heterocycles. The highest BCUT2D eigenvalue weighted by Crippen LogP contribution is 2.12. The molecule has 0 saturated carbocycles. The lowest BCUT2D eigenvalue weighted by Gasteiger charge is -2.26. The van der Waals surface area contributed by atoms with Crippen LogP contribution in [0.5, 0.6) is 0 Å². The van der Waals surface area contributed by atoms with E-state index in [0.717, 1.165) is 38.5 Å². The Balaban J connectivity index is 5.94. The molecule has 0 aromatic rings. The third-order valence-electron chi connectivity index (χ3n) is 8.94. The number of allylic oxidation sites excluding steroid dienone is 2. The standard InChI is InChI=1S/C37H59N7O17/c1-2-3-4-5-6-7-8-9-10-11-12-13-25(49)20-30(50)38-26(14-17-31(51)42(59)22-46)34(54)39-27(15-18-32(52)43(60)23-47)35(55)41-29(21-45)36(56)40-28(37(57)58)16-19-33(53)44(61)24-48/h7-8,22-29,45,49,59-61H,2-6,9-21H2,1H3,(H,38,50)(H,39,54)(H,40,56)(H,41,55)(H,57,58)/b8-7-/t25?,26-,27-,28-,29-/m0/s1. The van der Waals surface area contributed by atoms with E-state index in [-0.39, 0.29) is 40.8 Å². The lowest BCUT2D eigenvalue weighted by atomic mass is 10.0. The first-order chi connectivity index (χ1) is 28.9. The fraction of sp³-hybridized carbons (Fsp3) is 0.649. The first-order valence-corrected chi connectivity index (χ1v) is 19.7. The molecular weight excluding hydrogens is 814 g/mol. The minimum atomic E-state index is -1.96. The molecule has 24 heteroatoms. The van der Waals surface area contributed by atoms with Crippen molar-refractivity contribution in [1.29, 1.82) is 0 Å². The van der Waals surface area contributed by atoms with Gasteiger partial charge in [0.1, 0.15) is 24.2 Å². The van der Waals surface area contributed by atoms with E-state index < -0.39 is 129 Å². The second kappa shape index (κ2) is 32.1. The topological polar surface area (TPSA) is 367 Å². The second-order valence-electron chi connectivity index (χ2n) is 13.8. The van der Waals surface area contributed by atoms with E-state index in [2.05, 4.69) is 29.7 Å². The molecule has 10 amide bonds. The van der Waals surface area contributed by atoms with Crippen LogP contribution in [0.4, 0.5) is 0 Å². The number of amides is 10. The van der Waals surface area contributed by atoms with Gasteiger partial charge in [-0.05, 0) is 51.4 Å². The maximum atomic E-state index is 13.6. The van der Waals surface area contributed by atoms with E-state index in [1.54, 1.807) is 0 Å². The van der Waals surface area contributed by atoms with E-state index in [9.17, 15) is 78.5 Å². The van der Waals surface area contributed by atoms with Crippen LogP contribution in [-0.2, 0) is 52.7 Å². The van der Waals surface area contributed by atoms with Gasteiger partial charge in [-0.1, -0.05) is 51.2 Å². The molecule has 5 atom stereocenters. The van der Waals surface area contributed by atoms with Crippen molar-refractivity contribution in [2.24, 2.45) is 0 Å². The SMILES string of the molecule is CCCCCC/C=C\CCCCCC(O)CC(=O)N[C@@H](CCC(=O)N(O)C=O)C(=O)N[C@@H](CCC(=O)N(O)C=O)C(=O)N[C@@H](CO)C(=O)N[C@@H](CCC(=O)N(O)C=O)C(=O)O. The second-order valence-corrected chi connectivity index (χ2v) is 13.8. The van der Waals surface area contributed by atoms with E-state index in [1.165, 1.54) is 12.8 Å². The predicted octanol–water partition coefficient (Wildman–Crippen LogP) is -1.31. The highest BCUT2D eigenvalue weighted by Gasteiger charge is 2.33. The normalized spacial score (nSPS) is 13.3. The molecule has 0 spiro atoms. The number of aliphatic hydroxyl groups excluding tert-OH is 2. The summed E-state index contributed by atoms with van der Waals surface area (Å²) in [5.41, 5.74) is 0. The van der Waals surface area contributed by atoms with Crippen LogP contribution in [0, 0.1) is 0 Å². The van der Waals surface area contributed by atoms with Crippen LogP contribution < -0.4 is 21.3 Å². The smallest absolute Gasteiger partial charge is 0.326 e. The monoisotopic (exact) mass is 873 g/mol. The molecule has 0 rings (SSSR count). The Morgan fingerprint density at radius 2 is 0.934 bits per heavy atom. The molecule has 344 valence electrons. The molecule has 0 bridgehead atoms. The summed E-state index contributed by atoms with van der Waals surface area (Å²) in [6, 6.07) is -7.41. The van der Waals surface area contributed by atoms with E-state index in [1.807, 2.05) is 10.6 Å². The summed E-state index contributed by atoms with van der Waals surface area (Å²) in [6.45, 7) is 0.951. The number of nitrogens with one attached hydrogen (secondary N) is 4. The van der Waals surface area contributed by atoms with Gasteiger partial charge >= 0.3 is 5.97 Å². The number of unbranched alkanes of at least 4 members (excludes halogenated alkanes) is 7. The highest BCUT2D eigenvalue weighted by molar-refractivity contribution is 5.96. The van der Waals surface area contributed by atoms with Crippen LogP contribution >= 0.6 is 0 Å². The molecule has 0 heterocycles. The van der Waals surface area contributed by atoms with Crippen molar-refractivity contribution >= 4 is 66.5 Å². The summed E-state index contributed by atoms with van der Waals surface area (Å²) in [6.07, 6.45) is 6.51. The Hall–Kier alpha value is -5.69. The Kier molecular flexibility index (Phi) is 29.1. The number of carbonyl (C=O) groups excluding carboxylic acids is 10. The number of carbonyl (C=O) groups is 11. The molecule has 61 heavy (non-hydrogen) atoms. The number of hydrogen-bond donors (Lipinski definition) is 10. The summed E-state index contributed by atoms with van der Waals surface area (Å²) in [4.78, 5) is 133. The van der Waals surface area contributed by atoms with Crippen LogP contribution in [0.2, 0.25) is 0 Å². The predicted molar refractivity (Wildman–Crippen MR) is 206 cm³/mol. The molecule has 0 aromatic heterocycles. The Morgan fingerprint density at radius 3 is 1.36 bits per heavy atom. The Bertz CT molecular complexity index is 1500. The molecule has 0 radical (unpaired) electrons. The van der Waals surface area contributed by atoms with Gasteiger partial charge in [0.15, 0.2) is 0 Å². The molecule has 24 nitrogen and oxygen atoms in total. The number of rotatable bonds is 34. The fourth-order valence-electron chi connectivity index (χ4n) is 5.44. The largest absolute Gasteiger partial charge is 0.480 e. The summed E-state index contributed by atoms with van der Waals surface area (Å²) >= 11 is 0. The van der Waals surface area contributed by atoms with Gasteiger partial charge in [-0.25, -0.2) is 4.79 Å². The van der Waals surface area contributed by atoms with E-state index in [0.29, 0.717) is 6.42 Å². The molecule has 0 aliphatic rings. The maximum Gasteiger partial charge on any atom is 0.326 e. The molecule has 0 aliphatic carbocycles. The van der Waals surface area contributed by atoms with Gasteiger partial charge in [0.25, 0.3) is 17.7 Å². The molecule has 10 N–H and O–H groups in total. The van der Waals surface area contributed by atoms with Crippen molar-refractivity contribution < 1.29 is 83.7 Å². The number of nitrogens with zero attached hydrogens (tertiary/aromatic N) is 3. The van der Waals surface area contributed by atoms with Gasteiger partial charge in [-0.15, -0.1) is 0 Å². The third kappa shape index (κ3) is 24.2. The first kappa shape index (κ1) is 55.3. The number of hydroxylamine groups is 6. The number of imide groups is 3.